The van der Waals surface area contributed by atoms with Gasteiger partial charge in [0.05, 0.1) is 11.6 Å². The van der Waals surface area contributed by atoms with E-state index >= 15 is 0 Å². The lowest BCUT2D eigenvalue weighted by atomic mass is 9.92. The summed E-state index contributed by atoms with van der Waals surface area (Å²) in [4.78, 5) is 27.2. The lowest BCUT2D eigenvalue weighted by Crippen LogP contribution is -2.45. The predicted octanol–water partition coefficient (Wildman–Crippen LogP) is 3.54. The van der Waals surface area contributed by atoms with Gasteiger partial charge in [-0.05, 0) is 38.0 Å². The Kier molecular flexibility index (Phi) is 5.61. The smallest absolute Gasteiger partial charge is 0.387 e. The van der Waals surface area contributed by atoms with Gasteiger partial charge >= 0.3 is 6.61 Å². The van der Waals surface area contributed by atoms with Crippen molar-refractivity contribution in [2.75, 3.05) is 12.3 Å². The molecule has 1 aromatic carbocycles. The van der Waals surface area contributed by atoms with Crippen LogP contribution >= 0.6 is 0 Å². The number of rotatable bonds is 4. The topological polar surface area (TPSA) is 112 Å². The number of ether oxygens (including phenoxy) is 1. The molecular formula is C22H19F4N7O2. The number of hydrogen-bond acceptors (Lipinski definition) is 7. The summed E-state index contributed by atoms with van der Waals surface area (Å²) in [5.74, 6) is -2.22. The monoisotopic (exact) mass is 489 g/mol. The second-order valence-corrected chi connectivity index (χ2v) is 8.30. The first-order valence-electron chi connectivity index (χ1n) is 10.7. The van der Waals surface area contributed by atoms with Crippen LogP contribution in [0.15, 0.2) is 30.5 Å². The van der Waals surface area contributed by atoms with Crippen LogP contribution in [-0.4, -0.2) is 54.6 Å². The van der Waals surface area contributed by atoms with Crippen LogP contribution in [0.4, 0.5) is 23.5 Å². The molecule has 0 aliphatic carbocycles. The van der Waals surface area contributed by atoms with Crippen LogP contribution in [0.5, 0.6) is 5.75 Å². The van der Waals surface area contributed by atoms with E-state index in [-0.39, 0.29) is 58.4 Å². The molecule has 0 spiro atoms. The highest BCUT2D eigenvalue weighted by atomic mass is 19.3. The van der Waals surface area contributed by atoms with Gasteiger partial charge < -0.3 is 15.4 Å². The molecule has 3 aromatic heterocycles. The number of hydrogen-bond donors (Lipinski definition) is 1. The number of fused-ring (bicyclic) bond motifs is 3. The molecule has 1 fully saturated rings. The minimum Gasteiger partial charge on any atom is -0.433 e. The van der Waals surface area contributed by atoms with E-state index in [1.54, 1.807) is 4.90 Å². The number of halogens is 4. The standard InChI is InChI=1S/C22H19F4N7O2/c1-10-2-3-11(9-32(10)20(34)16-5-4-13(8-28-16)35-21(25)26)18-30-19-14-6-12(23)7-15(24)17(14)29-22(27)33(19)31-18/h4-8,10-11,21H,2-3,9H2,1H3,(H2,27,29)/t10-,11+/m0/s1. The van der Waals surface area contributed by atoms with Crippen LogP contribution in [0, 0.1) is 11.6 Å². The van der Waals surface area contributed by atoms with Gasteiger partial charge in [0, 0.05) is 24.6 Å². The zero-order chi connectivity index (χ0) is 24.9. The molecule has 1 amide bonds. The van der Waals surface area contributed by atoms with Crippen molar-refractivity contribution in [1.82, 2.24) is 29.5 Å². The van der Waals surface area contributed by atoms with Crippen molar-refractivity contribution < 1.29 is 27.1 Å². The molecule has 1 aliphatic rings. The van der Waals surface area contributed by atoms with Gasteiger partial charge in [-0.1, -0.05) is 0 Å². The predicted molar refractivity (Wildman–Crippen MR) is 116 cm³/mol. The first-order valence-corrected chi connectivity index (χ1v) is 10.7. The molecule has 0 unspecified atom stereocenters. The highest BCUT2D eigenvalue weighted by Gasteiger charge is 2.33. The van der Waals surface area contributed by atoms with Crippen LogP contribution < -0.4 is 10.5 Å². The summed E-state index contributed by atoms with van der Waals surface area (Å²) in [7, 11) is 0. The van der Waals surface area contributed by atoms with E-state index in [1.807, 2.05) is 6.92 Å². The number of pyridine rings is 1. The summed E-state index contributed by atoms with van der Waals surface area (Å²) in [6.07, 6.45) is 2.36. The van der Waals surface area contributed by atoms with Gasteiger partial charge in [-0.25, -0.2) is 23.7 Å². The second-order valence-electron chi connectivity index (χ2n) is 8.30. The number of likely N-dealkylation sites (tertiary alicyclic amines) is 1. The minimum atomic E-state index is -2.99. The van der Waals surface area contributed by atoms with Gasteiger partial charge in [0.15, 0.2) is 17.3 Å². The van der Waals surface area contributed by atoms with Crippen LogP contribution in [0.3, 0.4) is 0 Å². The Bertz CT molecular complexity index is 1430. The lowest BCUT2D eigenvalue weighted by Gasteiger charge is -2.36. The Balaban J connectivity index is 1.45. The number of alkyl halides is 2. The van der Waals surface area contributed by atoms with E-state index < -0.39 is 18.2 Å². The van der Waals surface area contributed by atoms with Crippen LogP contribution in [0.2, 0.25) is 0 Å². The average Bonchev–Trinajstić information content (AvgIpc) is 3.27. The number of anilines is 1. The molecule has 1 saturated heterocycles. The molecule has 2 N–H and O–H groups in total. The first kappa shape index (κ1) is 22.7. The third kappa shape index (κ3) is 4.17. The zero-order valence-corrected chi connectivity index (χ0v) is 18.3. The Morgan fingerprint density at radius 1 is 1.20 bits per heavy atom. The average molecular weight is 489 g/mol. The number of aromatic nitrogens is 5. The SMILES string of the molecule is C[C@H]1CC[C@@H](c2nc3c4cc(F)cc(F)c4nc(N)n3n2)CN1C(=O)c1ccc(OC(F)F)cn1. The van der Waals surface area contributed by atoms with E-state index in [0.29, 0.717) is 18.7 Å². The molecule has 1 aliphatic heterocycles. The van der Waals surface area contributed by atoms with Crippen molar-refractivity contribution in [3.05, 3.63) is 53.6 Å². The molecule has 13 heteroatoms. The Labute approximate surface area is 195 Å². The maximum atomic E-state index is 14.2. The van der Waals surface area contributed by atoms with E-state index in [1.165, 1.54) is 16.6 Å². The molecule has 182 valence electrons. The van der Waals surface area contributed by atoms with Gasteiger partial charge in [0.25, 0.3) is 5.91 Å². The quantitative estimate of drug-likeness (QED) is 0.437. The van der Waals surface area contributed by atoms with E-state index in [9.17, 15) is 22.4 Å². The largest absolute Gasteiger partial charge is 0.433 e. The molecule has 0 bridgehead atoms. The highest BCUT2D eigenvalue weighted by Crippen LogP contribution is 2.31. The second kappa shape index (κ2) is 8.64. The fourth-order valence-electron chi connectivity index (χ4n) is 4.27. The van der Waals surface area contributed by atoms with Gasteiger partial charge in [0.2, 0.25) is 5.95 Å². The zero-order valence-electron chi connectivity index (χ0n) is 18.3. The fraction of sp³-hybridized carbons (Fsp3) is 0.318. The third-order valence-corrected chi connectivity index (χ3v) is 6.02. The number of nitrogens with two attached hydrogens (primary N) is 1. The normalized spacial score (nSPS) is 18.5. The molecule has 2 atom stereocenters. The molecule has 35 heavy (non-hydrogen) atoms. The van der Waals surface area contributed by atoms with Crippen molar-refractivity contribution in [1.29, 1.82) is 0 Å². The fourth-order valence-corrected chi connectivity index (χ4v) is 4.27. The highest BCUT2D eigenvalue weighted by molar-refractivity contribution is 5.93. The number of nitrogens with zero attached hydrogens (tertiary/aromatic N) is 6. The number of nitrogen functional groups attached to an aromatic ring is 1. The van der Waals surface area contributed by atoms with Crippen LogP contribution in [0.1, 0.15) is 42.0 Å². The molecule has 5 rings (SSSR count). The summed E-state index contributed by atoms with van der Waals surface area (Å²) < 4.78 is 58.3. The number of benzene rings is 1. The van der Waals surface area contributed by atoms with Crippen molar-refractivity contribution in [3.63, 3.8) is 0 Å². The maximum absolute atomic E-state index is 14.2. The number of piperidine rings is 1. The minimum absolute atomic E-state index is 0.0764. The Morgan fingerprint density at radius 3 is 2.71 bits per heavy atom. The van der Waals surface area contributed by atoms with Crippen molar-refractivity contribution in [2.45, 2.75) is 38.3 Å². The lowest BCUT2D eigenvalue weighted by molar-refractivity contribution is -0.0500. The third-order valence-electron chi connectivity index (χ3n) is 6.02. The maximum Gasteiger partial charge on any atom is 0.387 e. The van der Waals surface area contributed by atoms with E-state index in [0.717, 1.165) is 18.3 Å². The van der Waals surface area contributed by atoms with Gasteiger partial charge in [0.1, 0.15) is 22.8 Å². The van der Waals surface area contributed by atoms with Crippen LogP contribution in [-0.2, 0) is 0 Å². The van der Waals surface area contributed by atoms with E-state index in [2.05, 4.69) is 24.8 Å². The summed E-state index contributed by atoms with van der Waals surface area (Å²) >= 11 is 0. The Morgan fingerprint density at radius 2 is 2.00 bits per heavy atom. The molecule has 4 aromatic rings. The van der Waals surface area contributed by atoms with Crippen molar-refractivity contribution in [2.24, 2.45) is 0 Å². The van der Waals surface area contributed by atoms with Crippen molar-refractivity contribution in [3.8, 4) is 5.75 Å². The van der Waals surface area contributed by atoms with Gasteiger partial charge in [-0.2, -0.15) is 13.3 Å². The number of amides is 1. The summed E-state index contributed by atoms with van der Waals surface area (Å²) in [5.41, 5.74) is 6.07. The summed E-state index contributed by atoms with van der Waals surface area (Å²) in [6.45, 7) is -0.851. The van der Waals surface area contributed by atoms with E-state index in [4.69, 9.17) is 5.73 Å². The van der Waals surface area contributed by atoms with Gasteiger partial charge in [-0.3, -0.25) is 4.79 Å². The summed E-state index contributed by atoms with van der Waals surface area (Å²) in [6, 6.07) is 4.28. The summed E-state index contributed by atoms with van der Waals surface area (Å²) in [5, 5.41) is 4.54. The molecule has 4 heterocycles. The molecular weight excluding hydrogens is 470 g/mol. The molecule has 0 radical (unpaired) electrons. The van der Waals surface area contributed by atoms with Gasteiger partial charge in [-0.15, -0.1) is 5.10 Å². The van der Waals surface area contributed by atoms with Crippen LogP contribution in [0.25, 0.3) is 16.6 Å². The Hall–Kier alpha value is -4.03. The first-order chi connectivity index (χ1) is 16.7. The molecule has 0 saturated carbocycles. The number of carbonyl (C=O) groups excluding carboxylic acids is 1. The molecule has 9 nitrogen and oxygen atoms in total. The van der Waals surface area contributed by atoms with Crippen molar-refractivity contribution >= 4 is 28.4 Å². The number of carbonyl (C=O) groups is 1.